The molecule has 32 heavy (non-hydrogen) atoms. The lowest BCUT2D eigenvalue weighted by atomic mass is 9.74. The molecule has 1 aromatic carbocycles. The van der Waals surface area contributed by atoms with Crippen LogP contribution in [0.25, 0.3) is 0 Å². The van der Waals surface area contributed by atoms with Crippen LogP contribution in [0, 0.1) is 11.8 Å². The van der Waals surface area contributed by atoms with E-state index in [1.54, 1.807) is 37.5 Å². The predicted octanol–water partition coefficient (Wildman–Crippen LogP) is 4.04. The van der Waals surface area contributed by atoms with Gasteiger partial charge in [0.15, 0.2) is 23.0 Å². The van der Waals surface area contributed by atoms with Gasteiger partial charge in [-0.15, -0.1) is 0 Å². The highest BCUT2D eigenvalue weighted by atomic mass is 16.5. The van der Waals surface area contributed by atoms with E-state index in [1.165, 1.54) is 0 Å². The summed E-state index contributed by atoms with van der Waals surface area (Å²) in [6, 6.07) is 8.51. The molecular weight excluding hydrogens is 410 g/mol. The second-order valence-electron chi connectivity index (χ2n) is 8.82. The van der Waals surface area contributed by atoms with Gasteiger partial charge >= 0.3 is 0 Å². The molecule has 0 radical (unpaired) electrons. The fourth-order valence-corrected chi connectivity index (χ4v) is 5.23. The maximum absolute atomic E-state index is 13.7. The Labute approximate surface area is 186 Å². The lowest BCUT2D eigenvalue weighted by Crippen LogP contribution is -2.41. The molecule has 2 aromatic rings. The molecule has 0 N–H and O–H groups in total. The summed E-state index contributed by atoms with van der Waals surface area (Å²) < 4.78 is 22.6. The van der Waals surface area contributed by atoms with Gasteiger partial charge in [0, 0.05) is 0 Å². The second-order valence-corrected chi connectivity index (χ2v) is 8.82. The number of nitrogens with zero attached hydrogens (tertiary/aromatic N) is 1. The largest absolute Gasteiger partial charge is 0.493 e. The van der Waals surface area contributed by atoms with Crippen LogP contribution in [0.1, 0.15) is 43.6 Å². The fraction of sp³-hybridized carbons (Fsp3) is 0.440. The Hall–Kier alpha value is -3.22. The number of methoxy groups -OCH3 is 2. The Morgan fingerprint density at radius 2 is 1.91 bits per heavy atom. The van der Waals surface area contributed by atoms with Crippen LogP contribution < -0.4 is 9.47 Å². The molecule has 4 atom stereocenters. The molecule has 1 saturated carbocycles. The smallest absolute Gasteiger partial charge is 0.290 e. The molecule has 4 unspecified atom stereocenters. The van der Waals surface area contributed by atoms with Crippen molar-refractivity contribution in [1.82, 2.24) is 4.90 Å². The van der Waals surface area contributed by atoms with Crippen LogP contribution in [0.3, 0.4) is 0 Å². The van der Waals surface area contributed by atoms with Crippen LogP contribution in [0.2, 0.25) is 0 Å². The van der Waals surface area contributed by atoms with Gasteiger partial charge in [0.05, 0.1) is 44.6 Å². The maximum atomic E-state index is 13.7. The number of furan rings is 1. The van der Waals surface area contributed by atoms with Crippen molar-refractivity contribution in [2.75, 3.05) is 14.2 Å². The molecule has 7 heteroatoms. The van der Waals surface area contributed by atoms with E-state index in [1.807, 2.05) is 18.2 Å². The van der Waals surface area contributed by atoms with Gasteiger partial charge in [-0.05, 0) is 55.0 Å². The van der Waals surface area contributed by atoms with E-state index < -0.39 is 6.04 Å². The van der Waals surface area contributed by atoms with Gasteiger partial charge in [-0.2, -0.15) is 0 Å². The Bertz CT molecular complexity index is 1070. The van der Waals surface area contributed by atoms with Crippen LogP contribution in [0.15, 0.2) is 52.3 Å². The Morgan fingerprint density at radius 3 is 2.62 bits per heavy atom. The van der Waals surface area contributed by atoms with Crippen molar-refractivity contribution in [2.45, 2.75) is 44.9 Å². The predicted molar refractivity (Wildman–Crippen MR) is 115 cm³/mol. The fourth-order valence-electron chi connectivity index (χ4n) is 5.23. The number of Topliss-reactive ketones (excluding diaryl/α,β-unsaturated/α-hetero) is 1. The molecule has 1 amide bonds. The number of benzene rings is 1. The number of rotatable bonds is 5. The summed E-state index contributed by atoms with van der Waals surface area (Å²) in [6.45, 7) is 2.41. The van der Waals surface area contributed by atoms with E-state index in [0.29, 0.717) is 28.8 Å². The maximum Gasteiger partial charge on any atom is 0.290 e. The van der Waals surface area contributed by atoms with E-state index in [0.717, 1.165) is 24.8 Å². The average Bonchev–Trinajstić information content (AvgIpc) is 3.41. The summed E-state index contributed by atoms with van der Waals surface area (Å²) in [5.74, 6) is 1.95. The minimum absolute atomic E-state index is 0.0258. The van der Waals surface area contributed by atoms with Crippen LogP contribution in [-0.4, -0.2) is 36.9 Å². The summed E-state index contributed by atoms with van der Waals surface area (Å²) in [5.41, 5.74) is 1.22. The molecule has 2 aliphatic heterocycles. The summed E-state index contributed by atoms with van der Waals surface area (Å²) in [5, 5.41) is 0. The summed E-state index contributed by atoms with van der Waals surface area (Å²) in [4.78, 5) is 28.9. The van der Waals surface area contributed by atoms with Crippen molar-refractivity contribution in [3.8, 4) is 11.5 Å². The molecule has 1 fully saturated rings. The highest BCUT2D eigenvalue weighted by Crippen LogP contribution is 2.48. The van der Waals surface area contributed by atoms with Crippen molar-refractivity contribution in [3.63, 3.8) is 0 Å². The van der Waals surface area contributed by atoms with E-state index in [9.17, 15) is 9.59 Å². The number of hydrogen-bond donors (Lipinski definition) is 0. The summed E-state index contributed by atoms with van der Waals surface area (Å²) in [7, 11) is 3.14. The molecule has 0 bridgehead atoms. The first-order valence-electron chi connectivity index (χ1n) is 11.0. The number of carbonyl (C=O) groups excluding carboxylic acids is 2. The first-order valence-corrected chi connectivity index (χ1v) is 11.0. The van der Waals surface area contributed by atoms with Gasteiger partial charge in [0.1, 0.15) is 11.9 Å². The lowest BCUT2D eigenvalue weighted by Gasteiger charge is -2.37. The first kappa shape index (κ1) is 20.7. The lowest BCUT2D eigenvalue weighted by molar-refractivity contribution is -0.136. The Morgan fingerprint density at radius 1 is 1.09 bits per heavy atom. The summed E-state index contributed by atoms with van der Waals surface area (Å²) >= 11 is 0. The normalized spacial score (nSPS) is 27.2. The van der Waals surface area contributed by atoms with E-state index in [2.05, 4.69) is 6.92 Å². The first-order chi connectivity index (χ1) is 15.5. The number of hydrogen-bond acceptors (Lipinski definition) is 6. The van der Waals surface area contributed by atoms with E-state index >= 15 is 0 Å². The SMILES string of the molecule is COc1ccc(C2C3=C(OC4CCC(C)CC4C3=O)C(=O)N2Cc2ccco2)cc1OC. The zero-order valence-corrected chi connectivity index (χ0v) is 18.5. The van der Waals surface area contributed by atoms with Crippen molar-refractivity contribution < 1.29 is 28.2 Å². The second kappa shape index (κ2) is 8.04. The van der Waals surface area contributed by atoms with Gasteiger partial charge in [-0.1, -0.05) is 13.0 Å². The summed E-state index contributed by atoms with van der Waals surface area (Å²) in [6.07, 6.45) is 3.93. The quantitative estimate of drug-likeness (QED) is 0.703. The van der Waals surface area contributed by atoms with Crippen molar-refractivity contribution in [1.29, 1.82) is 0 Å². The van der Waals surface area contributed by atoms with E-state index in [4.69, 9.17) is 18.6 Å². The highest BCUT2D eigenvalue weighted by molar-refractivity contribution is 6.11. The van der Waals surface area contributed by atoms with Crippen LogP contribution in [0.5, 0.6) is 11.5 Å². The third-order valence-electron chi connectivity index (χ3n) is 6.83. The Balaban J connectivity index is 1.60. The molecule has 3 heterocycles. The molecule has 1 aromatic heterocycles. The molecule has 7 nitrogen and oxygen atoms in total. The minimum Gasteiger partial charge on any atom is -0.493 e. The molecule has 3 aliphatic rings. The number of carbonyl (C=O) groups is 2. The number of amides is 1. The number of ether oxygens (including phenoxy) is 3. The standard InChI is InChI=1S/C25H27NO6/c1-14-6-8-18-17(11-14)23(27)21-22(15-7-9-19(29-2)20(12-15)30-3)26(25(28)24(21)32-18)13-16-5-4-10-31-16/h4-5,7,9-10,12,14,17-18,22H,6,8,11,13H2,1-3H3. The van der Waals surface area contributed by atoms with Crippen molar-refractivity contribution in [3.05, 3.63) is 59.3 Å². The van der Waals surface area contributed by atoms with Crippen LogP contribution in [0.4, 0.5) is 0 Å². The van der Waals surface area contributed by atoms with Crippen LogP contribution >= 0.6 is 0 Å². The number of fused-ring (bicyclic) bond motifs is 1. The molecular formula is C25H27NO6. The monoisotopic (exact) mass is 437 g/mol. The third-order valence-corrected chi connectivity index (χ3v) is 6.83. The zero-order chi connectivity index (χ0) is 22.4. The van der Waals surface area contributed by atoms with Crippen molar-refractivity contribution in [2.24, 2.45) is 11.8 Å². The van der Waals surface area contributed by atoms with Gasteiger partial charge in [-0.3, -0.25) is 9.59 Å². The molecule has 168 valence electrons. The van der Waals surface area contributed by atoms with Gasteiger partial charge in [-0.25, -0.2) is 0 Å². The number of ketones is 1. The molecule has 1 aliphatic carbocycles. The van der Waals surface area contributed by atoms with Gasteiger partial charge in [0.2, 0.25) is 0 Å². The highest BCUT2D eigenvalue weighted by Gasteiger charge is 2.52. The van der Waals surface area contributed by atoms with E-state index in [-0.39, 0.29) is 36.0 Å². The minimum atomic E-state index is -0.576. The third kappa shape index (κ3) is 3.27. The van der Waals surface area contributed by atoms with Crippen molar-refractivity contribution >= 4 is 11.7 Å². The Kier molecular flexibility index (Phi) is 5.19. The van der Waals surface area contributed by atoms with Gasteiger partial charge < -0.3 is 23.5 Å². The molecule has 5 rings (SSSR count). The molecule has 0 saturated heterocycles. The van der Waals surface area contributed by atoms with Gasteiger partial charge in [0.25, 0.3) is 5.91 Å². The van der Waals surface area contributed by atoms with Crippen LogP contribution in [-0.2, 0) is 20.9 Å². The molecule has 0 spiro atoms. The average molecular weight is 437 g/mol. The zero-order valence-electron chi connectivity index (χ0n) is 18.5. The topological polar surface area (TPSA) is 78.2 Å².